The number of aliphatic carboxylic acids is 1. The summed E-state index contributed by atoms with van der Waals surface area (Å²) < 4.78 is 0. The minimum atomic E-state index is -0.938. The zero-order valence-corrected chi connectivity index (χ0v) is 12.5. The highest BCUT2D eigenvalue weighted by atomic mass is 35.5. The van der Waals surface area contributed by atoms with Gasteiger partial charge in [-0.15, -0.1) is 0 Å². The third kappa shape index (κ3) is 4.13. The number of nitrogens with zero attached hydrogens (tertiary/aromatic N) is 1. The van der Waals surface area contributed by atoms with Gasteiger partial charge in [0.2, 0.25) is 0 Å². The summed E-state index contributed by atoms with van der Waals surface area (Å²) in [5, 5.41) is 12.0. The molecule has 0 aliphatic carbocycles. The summed E-state index contributed by atoms with van der Waals surface area (Å²) in [6.45, 7) is 3.50. The van der Waals surface area contributed by atoms with E-state index < -0.39 is 11.9 Å². The van der Waals surface area contributed by atoms with Crippen LogP contribution in [-0.4, -0.2) is 35.6 Å². The molecule has 1 rings (SSSR count). The molecule has 0 aliphatic heterocycles. The van der Waals surface area contributed by atoms with Crippen LogP contribution in [-0.2, 0) is 4.79 Å². The summed E-state index contributed by atoms with van der Waals surface area (Å²) in [4.78, 5) is 24.2. The van der Waals surface area contributed by atoms with Crippen molar-refractivity contribution in [2.45, 2.75) is 19.9 Å². The van der Waals surface area contributed by atoms with Gasteiger partial charge in [-0.2, -0.15) is 0 Å². The molecular formula is C14H19ClN2O3. The summed E-state index contributed by atoms with van der Waals surface area (Å²) in [5.41, 5.74) is 0.845. The summed E-state index contributed by atoms with van der Waals surface area (Å²) >= 11 is 6.10. The smallest absolute Gasteiger partial charge is 0.317 e. The number of carbonyl (C=O) groups excluding carboxylic acids is 1. The first-order valence-electron chi connectivity index (χ1n) is 6.32. The number of halogens is 1. The first-order valence-corrected chi connectivity index (χ1v) is 6.70. The third-order valence-electron chi connectivity index (χ3n) is 3.24. The van der Waals surface area contributed by atoms with Crippen molar-refractivity contribution in [3.05, 3.63) is 34.9 Å². The fourth-order valence-corrected chi connectivity index (χ4v) is 1.94. The molecule has 0 aliphatic rings. The maximum atomic E-state index is 12.0. The highest BCUT2D eigenvalue weighted by Crippen LogP contribution is 2.26. The van der Waals surface area contributed by atoms with Crippen molar-refractivity contribution in [3.63, 3.8) is 0 Å². The van der Waals surface area contributed by atoms with Gasteiger partial charge in [0, 0.05) is 18.6 Å². The number of hydrogen-bond acceptors (Lipinski definition) is 2. The molecule has 6 heteroatoms. The molecule has 1 aromatic carbocycles. The average Bonchev–Trinajstić information content (AvgIpc) is 2.43. The van der Waals surface area contributed by atoms with E-state index in [0.717, 1.165) is 5.56 Å². The van der Waals surface area contributed by atoms with Crippen LogP contribution >= 0.6 is 11.6 Å². The Morgan fingerprint density at radius 2 is 1.95 bits per heavy atom. The SMILES string of the molecule is CC(CNC(=O)N(C)C(C)c1ccccc1Cl)C(=O)O. The predicted octanol–water partition coefficient (Wildman–Crippen LogP) is 2.76. The molecule has 0 saturated heterocycles. The van der Waals surface area contributed by atoms with Crippen LogP contribution in [0.1, 0.15) is 25.5 Å². The second-order valence-corrected chi connectivity index (χ2v) is 5.14. The molecule has 5 nitrogen and oxygen atoms in total. The molecule has 0 saturated carbocycles. The lowest BCUT2D eigenvalue weighted by Crippen LogP contribution is -2.41. The van der Waals surface area contributed by atoms with E-state index in [-0.39, 0.29) is 18.6 Å². The summed E-state index contributed by atoms with van der Waals surface area (Å²) in [6.07, 6.45) is 0. The van der Waals surface area contributed by atoms with E-state index >= 15 is 0 Å². The average molecular weight is 299 g/mol. The highest BCUT2D eigenvalue weighted by molar-refractivity contribution is 6.31. The zero-order chi connectivity index (χ0) is 15.3. The Hall–Kier alpha value is -1.75. The van der Waals surface area contributed by atoms with E-state index in [4.69, 9.17) is 16.7 Å². The largest absolute Gasteiger partial charge is 0.481 e. The standard InChI is InChI=1S/C14H19ClN2O3/c1-9(13(18)19)8-16-14(20)17(3)10(2)11-6-4-5-7-12(11)15/h4-7,9-10H,8H2,1-3H3,(H,16,20)(H,18,19). The fraction of sp³-hybridized carbons (Fsp3) is 0.429. The van der Waals surface area contributed by atoms with E-state index in [1.807, 2.05) is 25.1 Å². The van der Waals surface area contributed by atoms with Gasteiger partial charge >= 0.3 is 12.0 Å². The van der Waals surface area contributed by atoms with Crippen LogP contribution in [0.4, 0.5) is 4.79 Å². The van der Waals surface area contributed by atoms with Crippen LogP contribution in [0.2, 0.25) is 5.02 Å². The summed E-state index contributed by atoms with van der Waals surface area (Å²) in [6, 6.07) is 6.78. The maximum absolute atomic E-state index is 12.0. The van der Waals surface area contributed by atoms with Crippen molar-refractivity contribution >= 4 is 23.6 Å². The van der Waals surface area contributed by atoms with Gasteiger partial charge in [-0.1, -0.05) is 36.7 Å². The van der Waals surface area contributed by atoms with Gasteiger partial charge < -0.3 is 15.3 Å². The fourth-order valence-electron chi connectivity index (χ4n) is 1.65. The number of carbonyl (C=O) groups is 2. The molecule has 20 heavy (non-hydrogen) atoms. The van der Waals surface area contributed by atoms with Crippen molar-refractivity contribution in [3.8, 4) is 0 Å². The number of urea groups is 1. The Labute approximate surface area is 123 Å². The summed E-state index contributed by atoms with van der Waals surface area (Å²) in [7, 11) is 1.65. The lowest BCUT2D eigenvalue weighted by Gasteiger charge is -2.26. The molecule has 110 valence electrons. The van der Waals surface area contributed by atoms with E-state index in [0.29, 0.717) is 5.02 Å². The van der Waals surface area contributed by atoms with E-state index in [1.54, 1.807) is 20.0 Å². The van der Waals surface area contributed by atoms with E-state index in [9.17, 15) is 9.59 Å². The Morgan fingerprint density at radius 1 is 1.35 bits per heavy atom. The van der Waals surface area contributed by atoms with Crippen molar-refractivity contribution < 1.29 is 14.7 Å². The number of hydrogen-bond donors (Lipinski definition) is 2. The van der Waals surface area contributed by atoms with Gasteiger partial charge in [0.05, 0.1) is 12.0 Å². The first kappa shape index (κ1) is 16.3. The minimum absolute atomic E-state index is 0.0910. The second kappa shape index (κ2) is 7.14. The van der Waals surface area contributed by atoms with Crippen molar-refractivity contribution in [2.75, 3.05) is 13.6 Å². The molecule has 0 spiro atoms. The number of carboxylic acid groups (broad SMARTS) is 1. The van der Waals surface area contributed by atoms with Gasteiger partial charge in [0.25, 0.3) is 0 Å². The zero-order valence-electron chi connectivity index (χ0n) is 11.8. The van der Waals surface area contributed by atoms with Gasteiger partial charge in [0.15, 0.2) is 0 Å². The molecule has 0 heterocycles. The van der Waals surface area contributed by atoms with Crippen LogP contribution < -0.4 is 5.32 Å². The number of carboxylic acids is 1. The maximum Gasteiger partial charge on any atom is 0.317 e. The molecule has 0 bridgehead atoms. The van der Waals surface area contributed by atoms with Gasteiger partial charge in [0.1, 0.15) is 0 Å². The normalized spacial score (nSPS) is 13.4. The lowest BCUT2D eigenvalue weighted by atomic mass is 10.1. The van der Waals surface area contributed by atoms with Crippen LogP contribution in [0.5, 0.6) is 0 Å². The minimum Gasteiger partial charge on any atom is -0.481 e. The number of benzene rings is 1. The van der Waals surface area contributed by atoms with Crippen LogP contribution in [0.3, 0.4) is 0 Å². The first-order chi connectivity index (χ1) is 9.34. The predicted molar refractivity (Wildman–Crippen MR) is 77.8 cm³/mol. The molecule has 2 unspecified atom stereocenters. The Kier molecular flexibility index (Phi) is 5.82. The van der Waals surface area contributed by atoms with E-state index in [2.05, 4.69) is 5.32 Å². The van der Waals surface area contributed by atoms with Crippen LogP contribution in [0.15, 0.2) is 24.3 Å². The van der Waals surface area contributed by atoms with Crippen LogP contribution in [0.25, 0.3) is 0 Å². The number of nitrogens with one attached hydrogen (secondary N) is 1. The molecule has 0 radical (unpaired) electrons. The van der Waals surface area contributed by atoms with Crippen molar-refractivity contribution in [1.29, 1.82) is 0 Å². The molecule has 2 atom stereocenters. The summed E-state index contributed by atoms with van der Waals surface area (Å²) in [5.74, 6) is -1.56. The molecule has 0 aromatic heterocycles. The lowest BCUT2D eigenvalue weighted by molar-refractivity contribution is -0.140. The number of amides is 2. The topological polar surface area (TPSA) is 69.6 Å². The molecule has 0 fully saturated rings. The second-order valence-electron chi connectivity index (χ2n) is 4.73. The molecular weight excluding hydrogens is 280 g/mol. The van der Waals surface area contributed by atoms with Crippen molar-refractivity contribution in [2.24, 2.45) is 5.92 Å². The quantitative estimate of drug-likeness (QED) is 0.878. The number of rotatable bonds is 5. The van der Waals surface area contributed by atoms with Crippen LogP contribution in [0, 0.1) is 5.92 Å². The van der Waals surface area contributed by atoms with Crippen molar-refractivity contribution in [1.82, 2.24) is 10.2 Å². The third-order valence-corrected chi connectivity index (χ3v) is 3.58. The van der Waals surface area contributed by atoms with Gasteiger partial charge in [-0.05, 0) is 18.6 Å². The monoisotopic (exact) mass is 298 g/mol. The Balaban J connectivity index is 2.65. The Morgan fingerprint density at radius 3 is 2.50 bits per heavy atom. The van der Waals surface area contributed by atoms with Gasteiger partial charge in [-0.25, -0.2) is 4.79 Å². The Bertz CT molecular complexity index is 493. The van der Waals surface area contributed by atoms with Gasteiger partial charge in [-0.3, -0.25) is 4.79 Å². The molecule has 2 amide bonds. The molecule has 1 aromatic rings. The van der Waals surface area contributed by atoms with E-state index in [1.165, 1.54) is 4.90 Å². The highest BCUT2D eigenvalue weighted by Gasteiger charge is 2.20. The molecule has 2 N–H and O–H groups in total.